The van der Waals surface area contributed by atoms with Gasteiger partial charge in [0.25, 0.3) is 0 Å². The van der Waals surface area contributed by atoms with Gasteiger partial charge in [-0.25, -0.2) is 8.78 Å². The minimum atomic E-state index is -2.18. The van der Waals surface area contributed by atoms with Crippen molar-refractivity contribution in [1.82, 2.24) is 4.90 Å². The molecule has 33 heavy (non-hydrogen) atoms. The maximum absolute atomic E-state index is 12.8. The first-order chi connectivity index (χ1) is 15.7. The zero-order valence-corrected chi connectivity index (χ0v) is 20.5. The highest BCUT2D eigenvalue weighted by Crippen LogP contribution is 2.59. The molecule has 3 nitrogen and oxygen atoms in total. The van der Waals surface area contributed by atoms with E-state index < -0.39 is 18.6 Å². The smallest absolute Gasteiger partial charge is 0.238 e. The minimum Gasteiger partial charge on any atom is -0.393 e. The van der Waals surface area contributed by atoms with Gasteiger partial charge in [-0.3, -0.25) is 0 Å². The van der Waals surface area contributed by atoms with Crippen LogP contribution in [-0.2, 0) is 0 Å². The lowest BCUT2D eigenvalue weighted by Gasteiger charge is -2.45. The second-order valence-corrected chi connectivity index (χ2v) is 11.7. The lowest BCUT2D eigenvalue weighted by molar-refractivity contribution is 0.0796. The van der Waals surface area contributed by atoms with Crippen LogP contribution in [-0.4, -0.2) is 53.4 Å². The summed E-state index contributed by atoms with van der Waals surface area (Å²) in [5, 5.41) is 20.2. The van der Waals surface area contributed by atoms with Gasteiger partial charge in [-0.1, -0.05) is 38.2 Å². The Balaban J connectivity index is 1.42. The van der Waals surface area contributed by atoms with Crippen molar-refractivity contribution < 1.29 is 19.0 Å². The van der Waals surface area contributed by atoms with Crippen molar-refractivity contribution in [3.05, 3.63) is 35.5 Å². The van der Waals surface area contributed by atoms with Gasteiger partial charge in [-0.05, 0) is 91.7 Å². The molecule has 1 unspecified atom stereocenters. The number of hydrogen-bond donors (Lipinski definition) is 2. The summed E-state index contributed by atoms with van der Waals surface area (Å²) in [6.07, 6.45) is 9.06. The monoisotopic (exact) mass is 463 g/mol. The second kappa shape index (κ2) is 10.3. The SMILES string of the molecule is C=C1/C(=C\C=C2/CCC[C@]3(C)[C@@H](C(C)CN4CC[C@H](CC(F)F)C4)CC[C@@H]23)C[C@@H](O)C[C@@H]1O. The summed E-state index contributed by atoms with van der Waals surface area (Å²) in [4.78, 5) is 2.43. The predicted molar refractivity (Wildman–Crippen MR) is 129 cm³/mol. The number of aliphatic hydroxyl groups excluding tert-OH is 2. The van der Waals surface area contributed by atoms with Crippen molar-refractivity contribution >= 4 is 0 Å². The van der Waals surface area contributed by atoms with Gasteiger partial charge in [-0.15, -0.1) is 0 Å². The van der Waals surface area contributed by atoms with E-state index in [1.54, 1.807) is 0 Å². The number of halogens is 2. The first-order valence-corrected chi connectivity index (χ1v) is 13.1. The van der Waals surface area contributed by atoms with Gasteiger partial charge in [0.05, 0.1) is 12.2 Å². The molecule has 3 saturated carbocycles. The van der Waals surface area contributed by atoms with E-state index in [1.165, 1.54) is 31.3 Å². The van der Waals surface area contributed by atoms with Gasteiger partial charge < -0.3 is 15.1 Å². The molecule has 0 radical (unpaired) electrons. The van der Waals surface area contributed by atoms with Gasteiger partial charge in [0.15, 0.2) is 0 Å². The standard InChI is InChI=1S/C28H43F2NO2/c1-18(16-31-12-10-20(17-31)13-27(29)30)24-8-9-25-21(5-4-11-28(24,25)3)6-7-22-14-23(32)15-26(33)19(22)2/h6-7,18,20,23-27,32-33H,2,4-5,8-17H2,1,3H3/b21-6+,22-7-/t18?,20-,23-,24-,25+,26+,28-/m1/s1. The van der Waals surface area contributed by atoms with Crippen LogP contribution in [0.3, 0.4) is 0 Å². The molecule has 0 amide bonds. The predicted octanol–water partition coefficient (Wildman–Crippen LogP) is 5.74. The molecule has 186 valence electrons. The van der Waals surface area contributed by atoms with Crippen LogP contribution < -0.4 is 0 Å². The fraction of sp³-hybridized carbons (Fsp3) is 0.786. The third kappa shape index (κ3) is 5.46. The van der Waals surface area contributed by atoms with E-state index >= 15 is 0 Å². The van der Waals surface area contributed by atoms with Crippen molar-refractivity contribution in [3.63, 3.8) is 0 Å². The largest absolute Gasteiger partial charge is 0.393 e. The number of fused-ring (bicyclic) bond motifs is 1. The molecule has 4 aliphatic rings. The van der Waals surface area contributed by atoms with E-state index in [-0.39, 0.29) is 12.3 Å². The molecule has 4 rings (SSSR count). The lowest BCUT2D eigenvalue weighted by atomic mass is 9.61. The van der Waals surface area contributed by atoms with Crippen molar-refractivity contribution in [2.45, 2.75) is 90.3 Å². The Bertz CT molecular complexity index is 778. The second-order valence-electron chi connectivity index (χ2n) is 11.7. The fourth-order valence-corrected chi connectivity index (χ4v) is 7.74. The topological polar surface area (TPSA) is 43.7 Å². The first kappa shape index (κ1) is 25.1. The van der Waals surface area contributed by atoms with Gasteiger partial charge in [0.1, 0.15) is 0 Å². The summed E-state index contributed by atoms with van der Waals surface area (Å²) in [6.45, 7) is 11.8. The Morgan fingerprint density at radius 3 is 2.76 bits per heavy atom. The molecule has 0 bridgehead atoms. The molecule has 1 heterocycles. The van der Waals surface area contributed by atoms with Crippen LogP contribution in [0.5, 0.6) is 0 Å². The van der Waals surface area contributed by atoms with E-state index in [2.05, 4.69) is 37.5 Å². The number of hydrogen-bond acceptors (Lipinski definition) is 3. The van der Waals surface area contributed by atoms with Gasteiger partial charge in [0.2, 0.25) is 6.43 Å². The Hall–Kier alpha value is -1.04. The van der Waals surface area contributed by atoms with Gasteiger partial charge in [0, 0.05) is 25.9 Å². The Morgan fingerprint density at radius 2 is 2.00 bits per heavy atom. The number of rotatable bonds is 6. The summed E-state index contributed by atoms with van der Waals surface area (Å²) >= 11 is 0. The number of aliphatic hydroxyl groups is 2. The quantitative estimate of drug-likeness (QED) is 0.528. The summed E-state index contributed by atoms with van der Waals surface area (Å²) in [5.74, 6) is 1.99. The third-order valence-electron chi connectivity index (χ3n) is 9.42. The van der Waals surface area contributed by atoms with Crippen molar-refractivity contribution in [1.29, 1.82) is 0 Å². The van der Waals surface area contributed by atoms with Gasteiger partial charge in [-0.2, -0.15) is 0 Å². The molecular formula is C28H43F2NO2. The first-order valence-electron chi connectivity index (χ1n) is 13.1. The van der Waals surface area contributed by atoms with Crippen LogP contribution in [0.2, 0.25) is 0 Å². The molecule has 0 aromatic carbocycles. The van der Waals surface area contributed by atoms with Crippen LogP contribution in [0.4, 0.5) is 8.78 Å². The molecule has 7 atom stereocenters. The van der Waals surface area contributed by atoms with E-state index in [9.17, 15) is 19.0 Å². The van der Waals surface area contributed by atoms with Crippen LogP contribution in [0.15, 0.2) is 35.5 Å². The normalized spacial score (nSPS) is 41.3. The van der Waals surface area contributed by atoms with E-state index in [0.717, 1.165) is 43.6 Å². The molecule has 5 heteroatoms. The Morgan fingerprint density at radius 1 is 1.21 bits per heavy atom. The summed E-state index contributed by atoms with van der Waals surface area (Å²) < 4.78 is 25.6. The highest BCUT2D eigenvalue weighted by atomic mass is 19.3. The number of likely N-dealkylation sites (tertiary alicyclic amines) is 1. The maximum atomic E-state index is 12.8. The summed E-state index contributed by atoms with van der Waals surface area (Å²) in [5.41, 5.74) is 3.55. The summed E-state index contributed by atoms with van der Waals surface area (Å²) in [7, 11) is 0. The van der Waals surface area contributed by atoms with E-state index in [1.807, 2.05) is 0 Å². The molecule has 0 spiro atoms. The third-order valence-corrected chi connectivity index (χ3v) is 9.42. The molecule has 1 saturated heterocycles. The van der Waals surface area contributed by atoms with Gasteiger partial charge >= 0.3 is 0 Å². The fourth-order valence-electron chi connectivity index (χ4n) is 7.74. The molecular weight excluding hydrogens is 420 g/mol. The van der Waals surface area contributed by atoms with Crippen molar-refractivity contribution in [2.75, 3.05) is 19.6 Å². The molecule has 1 aliphatic heterocycles. The lowest BCUT2D eigenvalue weighted by Crippen LogP contribution is -2.39. The molecule has 2 N–H and O–H groups in total. The number of nitrogens with zero attached hydrogens (tertiary/aromatic N) is 1. The zero-order chi connectivity index (χ0) is 23.8. The van der Waals surface area contributed by atoms with Crippen LogP contribution in [0.25, 0.3) is 0 Å². The van der Waals surface area contributed by atoms with Crippen molar-refractivity contribution in [2.24, 2.45) is 29.1 Å². The van der Waals surface area contributed by atoms with Crippen molar-refractivity contribution in [3.8, 4) is 0 Å². The minimum absolute atomic E-state index is 0.0538. The Labute approximate surface area is 198 Å². The Kier molecular flexibility index (Phi) is 7.82. The molecule has 0 aromatic heterocycles. The van der Waals surface area contributed by atoms with Crippen LogP contribution in [0.1, 0.15) is 71.6 Å². The average molecular weight is 464 g/mol. The average Bonchev–Trinajstić information content (AvgIpc) is 3.32. The zero-order valence-electron chi connectivity index (χ0n) is 20.5. The maximum Gasteiger partial charge on any atom is 0.238 e. The van der Waals surface area contributed by atoms with E-state index in [0.29, 0.717) is 36.0 Å². The molecule has 0 aromatic rings. The van der Waals surface area contributed by atoms with Crippen LogP contribution >= 0.6 is 0 Å². The molecule has 3 aliphatic carbocycles. The van der Waals surface area contributed by atoms with Crippen LogP contribution in [0, 0.1) is 29.1 Å². The summed E-state index contributed by atoms with van der Waals surface area (Å²) in [6, 6.07) is 0. The van der Waals surface area contributed by atoms with E-state index in [4.69, 9.17) is 0 Å². The highest BCUT2D eigenvalue weighted by molar-refractivity contribution is 5.38. The highest BCUT2D eigenvalue weighted by Gasteiger charge is 2.50. The number of allylic oxidation sites excluding steroid dienone is 3. The molecule has 4 fully saturated rings. The number of alkyl halides is 2.